The molecule has 4 aromatic rings. The average Bonchev–Trinajstić information content (AvgIpc) is 2.61. The zero-order chi connectivity index (χ0) is 16.5. The third kappa shape index (κ3) is 2.63. The fourth-order valence-corrected chi connectivity index (χ4v) is 2.94. The van der Waals surface area contributed by atoms with Crippen molar-refractivity contribution < 1.29 is 0 Å². The largest absolute Gasteiger partial charge is 0.250 e. The van der Waals surface area contributed by atoms with Crippen molar-refractivity contribution in [3.05, 3.63) is 77.4 Å². The Kier molecular flexibility index (Phi) is 3.71. The monoisotopic (exact) mass is 331 g/mol. The highest BCUT2D eigenvalue weighted by Crippen LogP contribution is 2.32. The summed E-state index contributed by atoms with van der Waals surface area (Å²) in [6.45, 7) is 1.96. The summed E-state index contributed by atoms with van der Waals surface area (Å²) in [4.78, 5) is 14.0. The van der Waals surface area contributed by atoms with Crippen molar-refractivity contribution in [2.45, 2.75) is 6.92 Å². The van der Waals surface area contributed by atoms with E-state index in [9.17, 15) is 0 Å². The minimum atomic E-state index is 0.604. The predicted octanol–water partition coefficient (Wildman–Crippen LogP) is 5.32. The van der Waals surface area contributed by atoms with Crippen LogP contribution in [0, 0.1) is 6.92 Å². The summed E-state index contributed by atoms with van der Waals surface area (Å²) in [6, 6.07) is 21.5. The Balaban J connectivity index is 2.03. The highest BCUT2D eigenvalue weighted by atomic mass is 35.5. The molecule has 0 amide bonds. The molecule has 116 valence electrons. The van der Waals surface area contributed by atoms with Gasteiger partial charge in [0.05, 0.1) is 11.2 Å². The minimum absolute atomic E-state index is 0.604. The first-order valence-electron chi connectivity index (χ1n) is 7.68. The van der Waals surface area contributed by atoms with Crippen LogP contribution in [0.3, 0.4) is 0 Å². The van der Waals surface area contributed by atoms with Gasteiger partial charge in [0, 0.05) is 21.7 Å². The molecule has 0 bridgehead atoms. The van der Waals surface area contributed by atoms with Gasteiger partial charge in [0.1, 0.15) is 5.69 Å². The normalized spacial score (nSPS) is 10.9. The van der Waals surface area contributed by atoms with Crippen LogP contribution in [0.25, 0.3) is 33.7 Å². The molecular formula is C20H14ClN3. The molecule has 0 N–H and O–H groups in total. The summed E-state index contributed by atoms with van der Waals surface area (Å²) in [6.07, 6.45) is 0. The van der Waals surface area contributed by atoms with Crippen molar-refractivity contribution in [2.75, 3.05) is 0 Å². The third-order valence-corrected chi connectivity index (χ3v) is 4.18. The molecule has 0 aliphatic carbocycles. The summed E-state index contributed by atoms with van der Waals surface area (Å²) in [7, 11) is 0. The molecule has 2 aromatic carbocycles. The molecule has 2 heterocycles. The number of benzene rings is 2. The SMILES string of the molecule is Cc1cccc(-c2nc(-c3ccccc3Cl)c3ccccc3n2)n1. The second-order valence-electron chi connectivity index (χ2n) is 5.56. The first-order chi connectivity index (χ1) is 11.7. The highest BCUT2D eigenvalue weighted by molar-refractivity contribution is 6.33. The topological polar surface area (TPSA) is 38.7 Å². The van der Waals surface area contributed by atoms with Crippen LogP contribution < -0.4 is 0 Å². The van der Waals surface area contributed by atoms with Crippen molar-refractivity contribution in [3.8, 4) is 22.8 Å². The second kappa shape index (κ2) is 6.02. The lowest BCUT2D eigenvalue weighted by molar-refractivity contribution is 1.14. The van der Waals surface area contributed by atoms with Gasteiger partial charge >= 0.3 is 0 Å². The second-order valence-corrected chi connectivity index (χ2v) is 5.96. The number of hydrogen-bond donors (Lipinski definition) is 0. The van der Waals surface area contributed by atoms with E-state index in [1.54, 1.807) is 0 Å². The number of pyridine rings is 1. The van der Waals surface area contributed by atoms with Crippen LogP contribution in [0.1, 0.15) is 5.69 Å². The lowest BCUT2D eigenvalue weighted by atomic mass is 10.1. The molecule has 0 spiro atoms. The molecule has 0 fully saturated rings. The fourth-order valence-electron chi connectivity index (χ4n) is 2.72. The number of fused-ring (bicyclic) bond motifs is 1. The molecule has 0 radical (unpaired) electrons. The number of para-hydroxylation sites is 1. The maximum Gasteiger partial charge on any atom is 0.179 e. The standard InChI is InChI=1S/C20H14ClN3/c1-13-7-6-12-18(22-13)20-23-17-11-5-3-9-15(17)19(24-20)14-8-2-4-10-16(14)21/h2-12H,1H3. The van der Waals surface area contributed by atoms with Crippen molar-refractivity contribution in [1.82, 2.24) is 15.0 Å². The lowest BCUT2D eigenvalue weighted by Gasteiger charge is -2.10. The van der Waals surface area contributed by atoms with Gasteiger partial charge < -0.3 is 0 Å². The Hall–Kier alpha value is -2.78. The number of halogens is 1. The van der Waals surface area contributed by atoms with Crippen LogP contribution in [0.2, 0.25) is 5.02 Å². The molecule has 24 heavy (non-hydrogen) atoms. The summed E-state index contributed by atoms with van der Waals surface area (Å²) < 4.78 is 0. The summed E-state index contributed by atoms with van der Waals surface area (Å²) in [5.74, 6) is 0.604. The number of rotatable bonds is 2. The molecule has 3 nitrogen and oxygen atoms in total. The van der Waals surface area contributed by atoms with Gasteiger partial charge in [-0.05, 0) is 31.2 Å². The van der Waals surface area contributed by atoms with Crippen LogP contribution in [0.15, 0.2) is 66.7 Å². The number of nitrogens with zero attached hydrogens (tertiary/aromatic N) is 3. The number of aryl methyl sites for hydroxylation is 1. The van der Waals surface area contributed by atoms with Gasteiger partial charge in [-0.15, -0.1) is 0 Å². The van der Waals surface area contributed by atoms with E-state index in [0.717, 1.165) is 33.5 Å². The Morgan fingerprint density at radius 2 is 1.54 bits per heavy atom. The maximum atomic E-state index is 6.41. The van der Waals surface area contributed by atoms with E-state index < -0.39 is 0 Å². The first-order valence-corrected chi connectivity index (χ1v) is 8.06. The Morgan fingerprint density at radius 3 is 2.38 bits per heavy atom. The van der Waals surface area contributed by atoms with Gasteiger partial charge in [0.25, 0.3) is 0 Å². The van der Waals surface area contributed by atoms with Gasteiger partial charge in [-0.1, -0.05) is 54.1 Å². The van der Waals surface area contributed by atoms with E-state index in [-0.39, 0.29) is 0 Å². The van der Waals surface area contributed by atoms with E-state index in [1.807, 2.05) is 73.7 Å². The third-order valence-electron chi connectivity index (χ3n) is 3.85. The molecule has 0 atom stereocenters. The lowest BCUT2D eigenvalue weighted by Crippen LogP contribution is -1.97. The van der Waals surface area contributed by atoms with E-state index >= 15 is 0 Å². The summed E-state index contributed by atoms with van der Waals surface area (Å²) in [5, 5.41) is 1.64. The molecular weight excluding hydrogens is 318 g/mol. The molecule has 0 saturated carbocycles. The Morgan fingerprint density at radius 1 is 0.750 bits per heavy atom. The van der Waals surface area contributed by atoms with E-state index in [4.69, 9.17) is 16.6 Å². The number of aromatic nitrogens is 3. The van der Waals surface area contributed by atoms with Crippen LogP contribution in [-0.4, -0.2) is 15.0 Å². The van der Waals surface area contributed by atoms with Crippen molar-refractivity contribution in [3.63, 3.8) is 0 Å². The van der Waals surface area contributed by atoms with Crippen molar-refractivity contribution in [1.29, 1.82) is 0 Å². The average molecular weight is 332 g/mol. The highest BCUT2D eigenvalue weighted by Gasteiger charge is 2.13. The van der Waals surface area contributed by atoms with E-state index in [0.29, 0.717) is 10.8 Å². The summed E-state index contributed by atoms with van der Waals surface area (Å²) >= 11 is 6.41. The van der Waals surface area contributed by atoms with Crippen LogP contribution in [0.5, 0.6) is 0 Å². The van der Waals surface area contributed by atoms with E-state index in [2.05, 4.69) is 9.97 Å². The molecule has 0 aliphatic rings. The molecule has 2 aromatic heterocycles. The minimum Gasteiger partial charge on any atom is -0.250 e. The molecule has 0 unspecified atom stereocenters. The maximum absolute atomic E-state index is 6.41. The van der Waals surface area contributed by atoms with Crippen molar-refractivity contribution >= 4 is 22.5 Å². The summed E-state index contributed by atoms with van der Waals surface area (Å²) in [5.41, 5.74) is 4.29. The number of hydrogen-bond acceptors (Lipinski definition) is 3. The Bertz CT molecular complexity index is 1040. The fraction of sp³-hybridized carbons (Fsp3) is 0.0500. The van der Waals surface area contributed by atoms with E-state index in [1.165, 1.54) is 0 Å². The molecule has 4 heteroatoms. The first kappa shape index (κ1) is 14.8. The Labute approximate surface area is 145 Å². The van der Waals surface area contributed by atoms with Gasteiger partial charge in [-0.25, -0.2) is 15.0 Å². The van der Waals surface area contributed by atoms with Crippen LogP contribution >= 0.6 is 11.6 Å². The molecule has 0 aliphatic heterocycles. The smallest absolute Gasteiger partial charge is 0.179 e. The molecule has 0 saturated heterocycles. The predicted molar refractivity (Wildman–Crippen MR) is 98.0 cm³/mol. The molecule has 4 rings (SSSR count). The van der Waals surface area contributed by atoms with Crippen LogP contribution in [-0.2, 0) is 0 Å². The zero-order valence-electron chi connectivity index (χ0n) is 13.1. The van der Waals surface area contributed by atoms with Gasteiger partial charge in [-0.2, -0.15) is 0 Å². The van der Waals surface area contributed by atoms with Gasteiger partial charge in [0.15, 0.2) is 5.82 Å². The van der Waals surface area contributed by atoms with Crippen LogP contribution in [0.4, 0.5) is 0 Å². The van der Waals surface area contributed by atoms with Crippen molar-refractivity contribution in [2.24, 2.45) is 0 Å². The van der Waals surface area contributed by atoms with Gasteiger partial charge in [0.2, 0.25) is 0 Å². The zero-order valence-corrected chi connectivity index (χ0v) is 13.8. The van der Waals surface area contributed by atoms with Gasteiger partial charge in [-0.3, -0.25) is 0 Å². The quantitative estimate of drug-likeness (QED) is 0.499.